The molecule has 1 aliphatic heterocycles. The monoisotopic (exact) mass is 311 g/mol. The summed E-state index contributed by atoms with van der Waals surface area (Å²) in [6, 6.07) is 4.37. The van der Waals surface area contributed by atoms with E-state index in [1.165, 1.54) is 4.88 Å². The first-order valence-electron chi connectivity index (χ1n) is 7.45. The van der Waals surface area contributed by atoms with Gasteiger partial charge in [0, 0.05) is 31.1 Å². The number of urea groups is 1. The first-order chi connectivity index (χ1) is 10.1. The molecule has 1 saturated heterocycles. The number of amides is 2. The number of likely N-dealkylation sites (N-methyl/N-ethyl adjacent to an activating group) is 1. The van der Waals surface area contributed by atoms with Gasteiger partial charge in [0.1, 0.15) is 0 Å². The van der Waals surface area contributed by atoms with E-state index in [1.807, 2.05) is 25.1 Å². The molecule has 0 bridgehead atoms. The topological polar surface area (TPSA) is 55.8 Å². The van der Waals surface area contributed by atoms with Gasteiger partial charge in [-0.15, -0.1) is 11.3 Å². The molecule has 118 valence electrons. The normalized spacial score (nSPS) is 18.0. The summed E-state index contributed by atoms with van der Waals surface area (Å²) in [5.74, 6) is 0.356. The van der Waals surface area contributed by atoms with E-state index in [2.05, 4.69) is 21.7 Å². The van der Waals surface area contributed by atoms with E-state index >= 15 is 0 Å². The molecule has 6 heteroatoms. The number of aliphatic hydroxyl groups excluding tert-OH is 1. The van der Waals surface area contributed by atoms with E-state index < -0.39 is 0 Å². The summed E-state index contributed by atoms with van der Waals surface area (Å²) in [4.78, 5) is 17.5. The van der Waals surface area contributed by atoms with E-state index in [0.717, 1.165) is 25.9 Å². The molecule has 2 amide bonds. The van der Waals surface area contributed by atoms with Gasteiger partial charge in [0.25, 0.3) is 0 Å². The zero-order valence-electron chi connectivity index (χ0n) is 12.8. The van der Waals surface area contributed by atoms with E-state index in [9.17, 15) is 4.79 Å². The molecule has 1 aromatic heterocycles. The maximum Gasteiger partial charge on any atom is 0.317 e. The standard InChI is InChI=1S/C15H25N3O2S/c1-17(2)13(14-4-3-9-21-14)10-16-15(20)18-7-5-12(11-19)6-8-18/h3-4,9,12-13,19H,5-8,10-11H2,1-2H3,(H,16,20). The Morgan fingerprint density at radius 1 is 1.52 bits per heavy atom. The third-order valence-electron chi connectivity index (χ3n) is 4.10. The van der Waals surface area contributed by atoms with Crippen LogP contribution in [0.2, 0.25) is 0 Å². The number of carbonyl (C=O) groups is 1. The van der Waals surface area contributed by atoms with Gasteiger partial charge in [0.2, 0.25) is 0 Å². The smallest absolute Gasteiger partial charge is 0.317 e. The average molecular weight is 311 g/mol. The maximum atomic E-state index is 12.2. The summed E-state index contributed by atoms with van der Waals surface area (Å²) >= 11 is 1.72. The minimum Gasteiger partial charge on any atom is -0.396 e. The lowest BCUT2D eigenvalue weighted by atomic mass is 9.98. The fourth-order valence-electron chi connectivity index (χ4n) is 2.63. The first-order valence-corrected chi connectivity index (χ1v) is 8.33. The van der Waals surface area contributed by atoms with Crippen LogP contribution in [-0.4, -0.2) is 61.3 Å². The number of likely N-dealkylation sites (tertiary alicyclic amines) is 1. The molecule has 0 radical (unpaired) electrons. The summed E-state index contributed by atoms with van der Waals surface area (Å²) in [6.07, 6.45) is 1.79. The van der Waals surface area contributed by atoms with Gasteiger partial charge in [-0.25, -0.2) is 4.79 Å². The molecule has 1 aromatic rings. The summed E-state index contributed by atoms with van der Waals surface area (Å²) in [5.41, 5.74) is 0. The number of thiophene rings is 1. The van der Waals surface area contributed by atoms with Gasteiger partial charge < -0.3 is 20.2 Å². The molecule has 5 nitrogen and oxygen atoms in total. The highest BCUT2D eigenvalue weighted by Crippen LogP contribution is 2.22. The van der Waals surface area contributed by atoms with Crippen LogP contribution in [-0.2, 0) is 0 Å². The van der Waals surface area contributed by atoms with Gasteiger partial charge in [-0.2, -0.15) is 0 Å². The van der Waals surface area contributed by atoms with Crippen molar-refractivity contribution in [1.29, 1.82) is 0 Å². The number of carbonyl (C=O) groups excluding carboxylic acids is 1. The fourth-order valence-corrected chi connectivity index (χ4v) is 3.56. The lowest BCUT2D eigenvalue weighted by Crippen LogP contribution is -2.46. The van der Waals surface area contributed by atoms with Crippen LogP contribution in [0.25, 0.3) is 0 Å². The predicted molar refractivity (Wildman–Crippen MR) is 85.5 cm³/mol. The Labute approximate surface area is 130 Å². The number of hydrogen-bond acceptors (Lipinski definition) is 4. The van der Waals surface area contributed by atoms with E-state index in [1.54, 1.807) is 11.3 Å². The molecule has 1 unspecified atom stereocenters. The Hall–Kier alpha value is -1.11. The van der Waals surface area contributed by atoms with Crippen LogP contribution in [0.4, 0.5) is 4.79 Å². The molecule has 0 aromatic carbocycles. The second kappa shape index (κ2) is 7.77. The third-order valence-corrected chi connectivity index (χ3v) is 5.08. The summed E-state index contributed by atoms with van der Waals surface area (Å²) in [5, 5.41) is 14.2. The zero-order chi connectivity index (χ0) is 15.2. The van der Waals surface area contributed by atoms with Crippen LogP contribution in [0, 0.1) is 5.92 Å². The van der Waals surface area contributed by atoms with Crippen LogP contribution in [0.15, 0.2) is 17.5 Å². The summed E-state index contributed by atoms with van der Waals surface area (Å²) in [7, 11) is 4.06. The number of piperidine rings is 1. The number of hydrogen-bond donors (Lipinski definition) is 2. The molecule has 2 N–H and O–H groups in total. The molecule has 2 heterocycles. The highest BCUT2D eigenvalue weighted by molar-refractivity contribution is 7.10. The minimum absolute atomic E-state index is 0.00907. The highest BCUT2D eigenvalue weighted by Gasteiger charge is 2.23. The van der Waals surface area contributed by atoms with Crippen molar-refractivity contribution in [3.8, 4) is 0 Å². The molecule has 0 saturated carbocycles. The van der Waals surface area contributed by atoms with Crippen molar-refractivity contribution in [1.82, 2.24) is 15.1 Å². The molecule has 2 rings (SSSR count). The Balaban J connectivity index is 1.82. The number of aliphatic hydroxyl groups is 1. The van der Waals surface area contributed by atoms with Crippen molar-refractivity contribution in [2.75, 3.05) is 40.3 Å². The largest absolute Gasteiger partial charge is 0.396 e. The lowest BCUT2D eigenvalue weighted by Gasteiger charge is -2.32. The number of nitrogens with zero attached hydrogens (tertiary/aromatic N) is 2. The fraction of sp³-hybridized carbons (Fsp3) is 0.667. The van der Waals surface area contributed by atoms with Gasteiger partial charge in [-0.05, 0) is 44.3 Å². The van der Waals surface area contributed by atoms with Crippen LogP contribution >= 0.6 is 11.3 Å². The van der Waals surface area contributed by atoms with E-state index in [-0.39, 0.29) is 18.7 Å². The van der Waals surface area contributed by atoms with Gasteiger partial charge in [-0.3, -0.25) is 0 Å². The SMILES string of the molecule is CN(C)C(CNC(=O)N1CCC(CO)CC1)c1cccs1. The first kappa shape index (κ1) is 16.3. The Bertz CT molecular complexity index is 428. The Morgan fingerprint density at radius 2 is 2.24 bits per heavy atom. The summed E-state index contributed by atoms with van der Waals surface area (Å²) < 4.78 is 0. The van der Waals surface area contributed by atoms with Crippen molar-refractivity contribution in [3.05, 3.63) is 22.4 Å². The number of nitrogens with one attached hydrogen (secondary N) is 1. The van der Waals surface area contributed by atoms with Crippen LogP contribution in [0.1, 0.15) is 23.8 Å². The molecular weight excluding hydrogens is 286 g/mol. The molecule has 1 aliphatic rings. The van der Waals surface area contributed by atoms with E-state index in [4.69, 9.17) is 5.11 Å². The maximum absolute atomic E-state index is 12.2. The molecule has 0 aliphatic carbocycles. The van der Waals surface area contributed by atoms with Gasteiger partial charge in [0.05, 0.1) is 6.04 Å². The predicted octanol–water partition coefficient (Wildman–Crippen LogP) is 1.76. The van der Waals surface area contributed by atoms with Gasteiger partial charge in [-0.1, -0.05) is 6.07 Å². The number of rotatable bonds is 5. The van der Waals surface area contributed by atoms with Crippen molar-refractivity contribution < 1.29 is 9.90 Å². The quantitative estimate of drug-likeness (QED) is 0.871. The molecule has 1 fully saturated rings. The average Bonchev–Trinajstić information content (AvgIpc) is 3.01. The Morgan fingerprint density at radius 3 is 2.76 bits per heavy atom. The molecular formula is C15H25N3O2S. The third kappa shape index (κ3) is 4.43. The second-order valence-corrected chi connectivity index (χ2v) is 6.77. The van der Waals surface area contributed by atoms with Crippen molar-refractivity contribution in [2.45, 2.75) is 18.9 Å². The second-order valence-electron chi connectivity index (χ2n) is 5.79. The van der Waals surface area contributed by atoms with Crippen molar-refractivity contribution in [3.63, 3.8) is 0 Å². The molecule has 21 heavy (non-hydrogen) atoms. The van der Waals surface area contributed by atoms with Crippen molar-refractivity contribution in [2.24, 2.45) is 5.92 Å². The van der Waals surface area contributed by atoms with Gasteiger partial charge >= 0.3 is 6.03 Å². The Kier molecular flexibility index (Phi) is 6.02. The zero-order valence-corrected chi connectivity index (χ0v) is 13.6. The van der Waals surface area contributed by atoms with E-state index in [0.29, 0.717) is 12.5 Å². The van der Waals surface area contributed by atoms with Crippen LogP contribution in [0.3, 0.4) is 0 Å². The minimum atomic E-state index is 0.00907. The molecule has 1 atom stereocenters. The van der Waals surface area contributed by atoms with Crippen molar-refractivity contribution >= 4 is 17.4 Å². The van der Waals surface area contributed by atoms with Crippen LogP contribution < -0.4 is 5.32 Å². The van der Waals surface area contributed by atoms with Crippen LogP contribution in [0.5, 0.6) is 0 Å². The van der Waals surface area contributed by atoms with Gasteiger partial charge in [0.15, 0.2) is 0 Å². The molecule has 0 spiro atoms. The lowest BCUT2D eigenvalue weighted by molar-refractivity contribution is 0.136. The summed E-state index contributed by atoms with van der Waals surface area (Å²) in [6.45, 7) is 2.33. The highest BCUT2D eigenvalue weighted by atomic mass is 32.1.